The van der Waals surface area contributed by atoms with Crippen LogP contribution in [0.25, 0.3) is 0 Å². The van der Waals surface area contributed by atoms with Gasteiger partial charge in [-0.3, -0.25) is 0 Å². The van der Waals surface area contributed by atoms with E-state index >= 15 is 0 Å². The summed E-state index contributed by atoms with van der Waals surface area (Å²) in [6.07, 6.45) is 0. The number of hydrogen-bond donors (Lipinski definition) is 0. The van der Waals surface area contributed by atoms with E-state index < -0.39 is 10.0 Å². The quantitative estimate of drug-likeness (QED) is 0.781. The minimum atomic E-state index is -3.61. The second-order valence-electron chi connectivity index (χ2n) is 7.11. The molecule has 0 aliphatic rings. The molecule has 0 spiro atoms. The van der Waals surface area contributed by atoms with Gasteiger partial charge in [-0.2, -0.15) is 4.31 Å². The van der Waals surface area contributed by atoms with Gasteiger partial charge in [0.25, 0.3) is 0 Å². The third-order valence-corrected chi connectivity index (χ3v) is 4.83. The van der Waals surface area contributed by atoms with Crippen LogP contribution >= 0.6 is 0 Å². The maximum absolute atomic E-state index is 12.9. The first-order valence-corrected chi connectivity index (χ1v) is 9.51. The van der Waals surface area contributed by atoms with Crippen LogP contribution in [0.2, 0.25) is 0 Å². The molecule has 0 saturated carbocycles. The van der Waals surface area contributed by atoms with E-state index in [1.807, 2.05) is 41.5 Å². The maximum atomic E-state index is 12.9. The molecule has 0 fully saturated rings. The molecule has 1 rings (SSSR count). The molecule has 1 aromatic rings. The smallest absolute Gasteiger partial charge is 0.207 e. The van der Waals surface area contributed by atoms with Crippen molar-refractivity contribution in [3.63, 3.8) is 0 Å². The predicted molar refractivity (Wildman–Crippen MR) is 99.8 cm³/mol. The Morgan fingerprint density at radius 1 is 1.04 bits per heavy atom. The van der Waals surface area contributed by atoms with Crippen LogP contribution < -0.4 is 0 Å². The van der Waals surface area contributed by atoms with E-state index in [1.54, 1.807) is 24.3 Å². The maximum Gasteiger partial charge on any atom is 0.244 e. The fourth-order valence-electron chi connectivity index (χ4n) is 1.82. The zero-order valence-electron chi connectivity index (χ0n) is 15.5. The Hall–Kier alpha value is -1.75. The number of hydrogen-bond acceptors (Lipinski definition) is 2. The largest absolute Gasteiger partial charge is 0.244 e. The third kappa shape index (κ3) is 6.79. The van der Waals surface area contributed by atoms with Gasteiger partial charge < -0.3 is 0 Å². The lowest BCUT2D eigenvalue weighted by Crippen LogP contribution is -2.32. The van der Waals surface area contributed by atoms with Crippen LogP contribution in [0.5, 0.6) is 0 Å². The van der Waals surface area contributed by atoms with Gasteiger partial charge in [-0.25, -0.2) is 8.42 Å². The summed E-state index contributed by atoms with van der Waals surface area (Å²) in [4.78, 5) is 0.275. The van der Waals surface area contributed by atoms with Crippen LogP contribution in [-0.4, -0.2) is 25.8 Å². The highest BCUT2D eigenvalue weighted by atomic mass is 32.2. The SMILES string of the molecule is Cc1ccc(S(=O)(=O)N(CC#CC(C)C)CC#CC(C)(C)C)cc1. The Morgan fingerprint density at radius 3 is 2.08 bits per heavy atom. The summed E-state index contributed by atoms with van der Waals surface area (Å²) >= 11 is 0. The fraction of sp³-hybridized carbons (Fsp3) is 0.500. The topological polar surface area (TPSA) is 37.4 Å². The lowest BCUT2D eigenvalue weighted by atomic mass is 9.98. The normalized spacial score (nSPS) is 11.7. The van der Waals surface area contributed by atoms with Crippen molar-refractivity contribution in [2.24, 2.45) is 11.3 Å². The van der Waals surface area contributed by atoms with Crippen LogP contribution in [0.15, 0.2) is 29.2 Å². The Morgan fingerprint density at radius 2 is 1.58 bits per heavy atom. The van der Waals surface area contributed by atoms with Gasteiger partial charge >= 0.3 is 0 Å². The number of rotatable bonds is 4. The zero-order chi connectivity index (χ0) is 18.4. The summed E-state index contributed by atoms with van der Waals surface area (Å²) in [5.41, 5.74) is 0.857. The van der Waals surface area contributed by atoms with Gasteiger partial charge in [-0.1, -0.05) is 55.2 Å². The van der Waals surface area contributed by atoms with Gasteiger partial charge in [-0.05, 0) is 39.8 Å². The summed E-state index contributed by atoms with van der Waals surface area (Å²) in [5.74, 6) is 12.2. The molecule has 130 valence electrons. The zero-order valence-corrected chi connectivity index (χ0v) is 16.3. The summed E-state index contributed by atoms with van der Waals surface area (Å²) in [7, 11) is -3.61. The molecule has 0 atom stereocenters. The number of benzene rings is 1. The van der Waals surface area contributed by atoms with Crippen LogP contribution in [-0.2, 0) is 10.0 Å². The first-order chi connectivity index (χ1) is 11.0. The molecule has 0 amide bonds. The van der Waals surface area contributed by atoms with Crippen molar-refractivity contribution < 1.29 is 8.42 Å². The van der Waals surface area contributed by atoms with Gasteiger partial charge in [0.1, 0.15) is 0 Å². The molecule has 3 nitrogen and oxygen atoms in total. The number of nitrogens with zero attached hydrogens (tertiary/aromatic N) is 1. The van der Waals surface area contributed by atoms with Crippen molar-refractivity contribution in [1.82, 2.24) is 4.31 Å². The van der Waals surface area contributed by atoms with E-state index in [0.29, 0.717) is 0 Å². The molecule has 0 heterocycles. The summed E-state index contributed by atoms with van der Waals surface area (Å²) in [6, 6.07) is 6.85. The van der Waals surface area contributed by atoms with Crippen LogP contribution in [0, 0.1) is 41.9 Å². The van der Waals surface area contributed by atoms with Crippen molar-refractivity contribution in [2.45, 2.75) is 46.4 Å². The second kappa shape index (κ2) is 8.38. The summed E-state index contributed by atoms with van der Waals surface area (Å²) in [5, 5.41) is 0. The molecular weight excluding hydrogens is 318 g/mol. The van der Waals surface area contributed by atoms with Crippen LogP contribution in [0.3, 0.4) is 0 Å². The van der Waals surface area contributed by atoms with E-state index in [1.165, 1.54) is 4.31 Å². The molecule has 0 aliphatic heterocycles. The van der Waals surface area contributed by atoms with Gasteiger partial charge in [0.2, 0.25) is 10.0 Å². The molecule has 0 aromatic heterocycles. The van der Waals surface area contributed by atoms with Gasteiger partial charge in [0, 0.05) is 11.3 Å². The molecule has 24 heavy (non-hydrogen) atoms. The molecular formula is C20H27NO2S. The number of aryl methyl sites for hydroxylation is 1. The molecule has 0 bridgehead atoms. The van der Waals surface area contributed by atoms with Gasteiger partial charge in [0.15, 0.2) is 0 Å². The van der Waals surface area contributed by atoms with Crippen molar-refractivity contribution in [3.8, 4) is 23.7 Å². The van der Waals surface area contributed by atoms with Crippen molar-refractivity contribution >= 4 is 10.0 Å². The van der Waals surface area contributed by atoms with E-state index in [4.69, 9.17) is 0 Å². The van der Waals surface area contributed by atoms with E-state index in [2.05, 4.69) is 23.7 Å². The lowest BCUT2D eigenvalue weighted by Gasteiger charge is -2.18. The highest BCUT2D eigenvalue weighted by Crippen LogP contribution is 2.16. The van der Waals surface area contributed by atoms with Gasteiger partial charge in [-0.15, -0.1) is 0 Å². The average Bonchev–Trinajstić information content (AvgIpc) is 2.44. The summed E-state index contributed by atoms with van der Waals surface area (Å²) < 4.78 is 27.1. The highest BCUT2D eigenvalue weighted by molar-refractivity contribution is 7.89. The standard InChI is InChI=1S/C20H27NO2S/c1-17(2)9-7-15-21(16-8-14-20(4,5)6)24(22,23)19-12-10-18(3)11-13-19/h10-13,17H,15-16H2,1-6H3. The summed E-state index contributed by atoms with van der Waals surface area (Å²) in [6.45, 7) is 12.2. The molecule has 0 N–H and O–H groups in total. The minimum absolute atomic E-state index is 0.139. The first-order valence-electron chi connectivity index (χ1n) is 8.07. The fourth-order valence-corrected chi connectivity index (χ4v) is 3.06. The van der Waals surface area contributed by atoms with Crippen LogP contribution in [0.4, 0.5) is 0 Å². The Labute approximate surface area is 147 Å². The molecule has 0 unspecified atom stereocenters. The van der Waals surface area contributed by atoms with E-state index in [-0.39, 0.29) is 29.3 Å². The van der Waals surface area contributed by atoms with Gasteiger partial charge in [0.05, 0.1) is 18.0 Å². The van der Waals surface area contributed by atoms with E-state index in [9.17, 15) is 8.42 Å². The lowest BCUT2D eigenvalue weighted by molar-refractivity contribution is 0.480. The predicted octanol–water partition coefficient (Wildman–Crippen LogP) is 3.69. The highest BCUT2D eigenvalue weighted by Gasteiger charge is 2.23. The van der Waals surface area contributed by atoms with Crippen molar-refractivity contribution in [2.75, 3.05) is 13.1 Å². The molecule has 0 aliphatic carbocycles. The Bertz CT molecular complexity index is 761. The average molecular weight is 346 g/mol. The molecule has 0 radical (unpaired) electrons. The third-order valence-electron chi connectivity index (χ3n) is 3.02. The monoisotopic (exact) mass is 345 g/mol. The first kappa shape index (κ1) is 20.3. The number of sulfonamides is 1. The second-order valence-corrected chi connectivity index (χ2v) is 9.05. The van der Waals surface area contributed by atoms with Crippen molar-refractivity contribution in [1.29, 1.82) is 0 Å². The Kier molecular flexibility index (Phi) is 7.08. The van der Waals surface area contributed by atoms with E-state index in [0.717, 1.165) is 5.56 Å². The minimum Gasteiger partial charge on any atom is -0.207 e. The molecule has 1 aromatic carbocycles. The van der Waals surface area contributed by atoms with Crippen LogP contribution in [0.1, 0.15) is 40.2 Å². The van der Waals surface area contributed by atoms with Crippen molar-refractivity contribution in [3.05, 3.63) is 29.8 Å². The molecule has 4 heteroatoms. The Balaban J connectivity index is 3.12. The molecule has 0 saturated heterocycles.